The molecule has 11 heteroatoms. The number of hydrogen-bond donors (Lipinski definition) is 3. The number of rotatable bonds is 10. The van der Waals surface area contributed by atoms with E-state index in [4.69, 9.17) is 9.84 Å². The Morgan fingerprint density at radius 2 is 2.15 bits per heavy atom. The summed E-state index contributed by atoms with van der Waals surface area (Å²) in [5, 5.41) is 16.1. The van der Waals surface area contributed by atoms with Crippen LogP contribution in [0, 0.1) is 16.7 Å². The molecule has 1 fully saturated rings. The summed E-state index contributed by atoms with van der Waals surface area (Å²) in [4.78, 5) is 50.4. The minimum atomic E-state index is -0.960. The molecule has 3 N–H and O–H groups in total. The van der Waals surface area contributed by atoms with Gasteiger partial charge in [-0.15, -0.1) is 0 Å². The number of hydrogen-bond acceptors (Lipinski definition) is 6. The molecule has 0 radical (unpaired) electrons. The molecule has 0 saturated heterocycles. The standard InChI is InChI=1S/C22H27N5O6/c1-12(2)16(11-33-19(30)5-3-4-18(28)29)24-22(31)20-15-9-13-8-14(13)21(15)27(25-20)17-10-26(32)7-6-23-17/h6-7,10,12-14,16H,3-5,8-9,11H2,1-2H3,(H2-,23,24,28,29,31,32)/p+1. The molecule has 2 aromatic rings. The van der Waals surface area contributed by atoms with E-state index in [-0.39, 0.29) is 37.7 Å². The van der Waals surface area contributed by atoms with Crippen molar-refractivity contribution in [3.05, 3.63) is 40.4 Å². The Balaban J connectivity index is 1.47. The van der Waals surface area contributed by atoms with Crippen LogP contribution >= 0.6 is 0 Å². The van der Waals surface area contributed by atoms with Crippen molar-refractivity contribution >= 4 is 17.8 Å². The fourth-order valence-electron chi connectivity index (χ4n) is 4.27. The summed E-state index contributed by atoms with van der Waals surface area (Å²) >= 11 is 0. The summed E-state index contributed by atoms with van der Waals surface area (Å²) in [5.41, 5.74) is 2.19. The zero-order chi connectivity index (χ0) is 23.7. The lowest BCUT2D eigenvalue weighted by atomic mass is 10.0. The number of carbonyl (C=O) groups is 3. The average molecular weight is 458 g/mol. The molecule has 0 aromatic carbocycles. The average Bonchev–Trinajstić information content (AvgIpc) is 3.25. The van der Waals surface area contributed by atoms with E-state index < -0.39 is 18.0 Å². The van der Waals surface area contributed by atoms with E-state index in [2.05, 4.69) is 15.4 Å². The van der Waals surface area contributed by atoms with Crippen molar-refractivity contribution in [1.29, 1.82) is 0 Å². The smallest absolute Gasteiger partial charge is 0.305 e. The highest BCUT2D eigenvalue weighted by atomic mass is 16.5. The molecule has 11 nitrogen and oxygen atoms in total. The molecule has 3 atom stereocenters. The van der Waals surface area contributed by atoms with Crippen LogP contribution in [0.2, 0.25) is 0 Å². The number of H-pyrrole nitrogens is 1. The van der Waals surface area contributed by atoms with Gasteiger partial charge in [0.2, 0.25) is 12.0 Å². The third-order valence-electron chi connectivity index (χ3n) is 6.23. The first-order valence-electron chi connectivity index (χ1n) is 11.2. The number of esters is 1. The molecular weight excluding hydrogens is 430 g/mol. The Bertz CT molecular complexity index is 1140. The summed E-state index contributed by atoms with van der Waals surface area (Å²) in [7, 11) is 0. The van der Waals surface area contributed by atoms with Gasteiger partial charge in [0.1, 0.15) is 6.61 Å². The molecule has 0 spiro atoms. The number of carbonyl (C=O) groups excluding carboxylic acids is 2. The van der Waals surface area contributed by atoms with Crippen molar-refractivity contribution in [3.63, 3.8) is 0 Å². The first-order chi connectivity index (χ1) is 15.7. The third-order valence-corrected chi connectivity index (χ3v) is 6.23. The number of amides is 1. The van der Waals surface area contributed by atoms with Crippen LogP contribution < -0.4 is 9.74 Å². The van der Waals surface area contributed by atoms with Crippen LogP contribution in [0.15, 0.2) is 18.6 Å². The van der Waals surface area contributed by atoms with Gasteiger partial charge in [-0.05, 0) is 31.1 Å². The van der Waals surface area contributed by atoms with Gasteiger partial charge in [-0.25, -0.2) is 4.68 Å². The third kappa shape index (κ3) is 4.96. The van der Waals surface area contributed by atoms with Gasteiger partial charge >= 0.3 is 11.9 Å². The SMILES string of the molecule is CC(C)C(COC(=O)CCCC(=O)O)NC(=O)c1nn(-c2c[n+](=O)cc[nH]2)c2c1CC1CC21. The van der Waals surface area contributed by atoms with E-state index in [1.54, 1.807) is 4.68 Å². The van der Waals surface area contributed by atoms with Crippen molar-refractivity contribution < 1.29 is 28.7 Å². The quantitative estimate of drug-likeness (QED) is 0.359. The highest BCUT2D eigenvalue weighted by Crippen LogP contribution is 2.57. The summed E-state index contributed by atoms with van der Waals surface area (Å²) in [5.74, 6) is -0.470. The molecule has 2 aromatic heterocycles. The molecule has 3 unspecified atom stereocenters. The van der Waals surface area contributed by atoms with E-state index in [0.29, 0.717) is 27.8 Å². The van der Waals surface area contributed by atoms with Crippen molar-refractivity contribution in [3.8, 4) is 5.82 Å². The molecular formula is C22H28N5O6+. The maximum Gasteiger partial charge on any atom is 0.305 e. The summed E-state index contributed by atoms with van der Waals surface area (Å²) in [6.07, 6.45) is 6.20. The summed E-state index contributed by atoms with van der Waals surface area (Å²) in [6, 6.07) is -0.426. The number of carboxylic acid groups (broad SMARTS) is 1. The highest BCUT2D eigenvalue weighted by molar-refractivity contribution is 5.94. The van der Waals surface area contributed by atoms with Crippen LogP contribution in [-0.2, 0) is 20.7 Å². The summed E-state index contributed by atoms with van der Waals surface area (Å²) < 4.78 is 7.61. The van der Waals surface area contributed by atoms with Gasteiger partial charge in [-0.1, -0.05) is 13.8 Å². The molecule has 176 valence electrons. The lowest BCUT2D eigenvalue weighted by Gasteiger charge is -2.22. The molecule has 1 saturated carbocycles. The molecule has 0 bridgehead atoms. The second kappa shape index (κ2) is 9.16. The summed E-state index contributed by atoms with van der Waals surface area (Å²) in [6.45, 7) is 3.81. The van der Waals surface area contributed by atoms with Gasteiger partial charge in [0.05, 0.1) is 22.4 Å². The molecule has 1 amide bonds. The fraction of sp³-hybridized carbons (Fsp3) is 0.545. The first kappa shape index (κ1) is 22.7. The number of fused-ring (bicyclic) bond motifs is 3. The topological polar surface area (TPSA) is 149 Å². The Labute approximate surface area is 189 Å². The maximum absolute atomic E-state index is 13.2. The van der Waals surface area contributed by atoms with Crippen molar-refractivity contribution in [1.82, 2.24) is 20.1 Å². The number of carboxylic acids is 1. The van der Waals surface area contributed by atoms with E-state index in [1.165, 1.54) is 18.6 Å². The first-order valence-corrected chi connectivity index (χ1v) is 11.2. The minimum absolute atomic E-state index is 0.00783. The van der Waals surface area contributed by atoms with Gasteiger partial charge in [0, 0.05) is 29.2 Å². The zero-order valence-corrected chi connectivity index (χ0v) is 18.6. The number of aromatic amines is 1. The molecule has 4 rings (SSSR count). The van der Waals surface area contributed by atoms with Crippen LogP contribution in [0.25, 0.3) is 5.82 Å². The van der Waals surface area contributed by atoms with Crippen LogP contribution in [-0.4, -0.2) is 50.4 Å². The van der Waals surface area contributed by atoms with Crippen LogP contribution in [0.5, 0.6) is 0 Å². The number of aromatic nitrogens is 4. The normalized spacial score (nSPS) is 19.0. The van der Waals surface area contributed by atoms with E-state index in [1.807, 2.05) is 13.8 Å². The van der Waals surface area contributed by atoms with Crippen molar-refractivity contribution in [2.75, 3.05) is 6.61 Å². The molecule has 2 aliphatic rings. The maximum atomic E-state index is 13.2. The van der Waals surface area contributed by atoms with Gasteiger partial charge in [-0.2, -0.15) is 5.10 Å². The monoisotopic (exact) mass is 458 g/mol. The lowest BCUT2D eigenvalue weighted by molar-refractivity contribution is -0.495. The minimum Gasteiger partial charge on any atom is -0.481 e. The Morgan fingerprint density at radius 3 is 2.85 bits per heavy atom. The molecule has 2 heterocycles. The van der Waals surface area contributed by atoms with Crippen molar-refractivity contribution in [2.24, 2.45) is 11.8 Å². The Kier molecular flexibility index (Phi) is 6.30. The van der Waals surface area contributed by atoms with E-state index in [9.17, 15) is 19.3 Å². The Hall–Kier alpha value is -3.50. The lowest BCUT2D eigenvalue weighted by Crippen LogP contribution is -2.42. The predicted octanol–water partition coefficient (Wildman–Crippen LogP) is 1.33. The second-order valence-corrected chi connectivity index (χ2v) is 9.02. The van der Waals surface area contributed by atoms with Crippen molar-refractivity contribution in [2.45, 2.75) is 57.9 Å². The molecule has 33 heavy (non-hydrogen) atoms. The number of ether oxygens (including phenoxy) is 1. The molecule has 2 aliphatic carbocycles. The number of nitrogens with zero attached hydrogens (tertiary/aromatic N) is 3. The van der Waals surface area contributed by atoms with Crippen LogP contribution in [0.1, 0.15) is 67.2 Å². The fourth-order valence-corrected chi connectivity index (χ4v) is 4.27. The van der Waals surface area contributed by atoms with Gasteiger partial charge in [0.15, 0.2) is 5.69 Å². The Morgan fingerprint density at radius 1 is 1.36 bits per heavy atom. The van der Waals surface area contributed by atoms with Gasteiger partial charge < -0.3 is 20.1 Å². The zero-order valence-electron chi connectivity index (χ0n) is 18.6. The number of nitrogens with one attached hydrogen (secondary N) is 2. The van der Waals surface area contributed by atoms with Gasteiger partial charge in [0.25, 0.3) is 12.1 Å². The van der Waals surface area contributed by atoms with Gasteiger partial charge in [-0.3, -0.25) is 14.4 Å². The highest BCUT2D eigenvalue weighted by Gasteiger charge is 2.50. The van der Waals surface area contributed by atoms with E-state index in [0.717, 1.165) is 24.1 Å². The van der Waals surface area contributed by atoms with Crippen LogP contribution in [0.4, 0.5) is 0 Å². The van der Waals surface area contributed by atoms with Crippen LogP contribution in [0.3, 0.4) is 0 Å². The predicted molar refractivity (Wildman–Crippen MR) is 114 cm³/mol. The molecule has 0 aliphatic heterocycles. The largest absolute Gasteiger partial charge is 0.481 e. The second-order valence-electron chi connectivity index (χ2n) is 9.02. The van der Waals surface area contributed by atoms with E-state index >= 15 is 0 Å². The number of aliphatic carboxylic acids is 1.